The zero-order chi connectivity index (χ0) is 26.6. The number of benzene rings is 4. The molecule has 3 heteroatoms. The van der Waals surface area contributed by atoms with Crippen LogP contribution < -0.4 is 10.2 Å². The van der Waals surface area contributed by atoms with Crippen molar-refractivity contribution in [2.24, 2.45) is 0 Å². The van der Waals surface area contributed by atoms with E-state index in [-0.39, 0.29) is 5.41 Å². The molecule has 4 rings (SSSR count). The highest BCUT2D eigenvalue weighted by atomic mass is 16.5. The van der Waals surface area contributed by atoms with Crippen molar-refractivity contribution in [3.63, 3.8) is 0 Å². The maximum absolute atomic E-state index is 5.58. The Balaban J connectivity index is 1.86. The predicted molar refractivity (Wildman–Crippen MR) is 160 cm³/mol. The van der Waals surface area contributed by atoms with E-state index in [9.17, 15) is 0 Å². The second kappa shape index (κ2) is 11.2. The first-order chi connectivity index (χ1) is 17.7. The van der Waals surface area contributed by atoms with Gasteiger partial charge in [0.15, 0.2) is 0 Å². The molecule has 0 bridgehead atoms. The molecule has 4 aromatic carbocycles. The topological polar surface area (TPSA) is 24.5 Å². The molecule has 0 aliphatic heterocycles. The fourth-order valence-corrected chi connectivity index (χ4v) is 4.64. The Morgan fingerprint density at radius 2 is 1.43 bits per heavy atom. The number of hydrogen-bond acceptors (Lipinski definition) is 3. The number of hydrogen-bond donors (Lipinski definition) is 1. The van der Waals surface area contributed by atoms with Crippen molar-refractivity contribution in [3.05, 3.63) is 107 Å². The average Bonchev–Trinajstić information content (AvgIpc) is 2.86. The Kier molecular flexibility index (Phi) is 8.04. The molecule has 0 aliphatic carbocycles. The Hall–Kier alpha value is -3.56. The molecule has 0 heterocycles. The minimum absolute atomic E-state index is 0.0765. The zero-order valence-electron chi connectivity index (χ0n) is 23.4. The predicted octanol–water partition coefficient (Wildman–Crippen LogP) is 9.10. The van der Waals surface area contributed by atoms with E-state index in [4.69, 9.17) is 4.74 Å². The van der Waals surface area contributed by atoms with E-state index in [0.717, 1.165) is 23.6 Å². The van der Waals surface area contributed by atoms with Crippen LogP contribution in [0.2, 0.25) is 0 Å². The number of anilines is 4. The molecular formula is C34H40N2O. The minimum Gasteiger partial charge on any atom is -0.383 e. The molecule has 37 heavy (non-hydrogen) atoms. The molecule has 0 atom stereocenters. The van der Waals surface area contributed by atoms with E-state index in [1.54, 1.807) is 7.11 Å². The molecule has 0 unspecified atom stereocenters. The summed E-state index contributed by atoms with van der Waals surface area (Å²) in [4.78, 5) is 2.39. The average molecular weight is 493 g/mol. The Morgan fingerprint density at radius 3 is 2.14 bits per heavy atom. The summed E-state index contributed by atoms with van der Waals surface area (Å²) < 4.78 is 5.58. The normalized spacial score (nSPS) is 11.4. The third kappa shape index (κ3) is 6.42. The highest BCUT2D eigenvalue weighted by molar-refractivity contribution is 5.87. The smallest absolute Gasteiger partial charge is 0.0653 e. The van der Waals surface area contributed by atoms with Crippen LogP contribution in [0, 0.1) is 20.8 Å². The van der Waals surface area contributed by atoms with Gasteiger partial charge in [0.25, 0.3) is 0 Å². The van der Waals surface area contributed by atoms with Gasteiger partial charge in [-0.2, -0.15) is 0 Å². The van der Waals surface area contributed by atoms with Crippen molar-refractivity contribution in [3.8, 4) is 11.1 Å². The summed E-state index contributed by atoms with van der Waals surface area (Å²) in [6.07, 6.45) is 0. The van der Waals surface area contributed by atoms with Gasteiger partial charge >= 0.3 is 0 Å². The number of rotatable bonds is 8. The fraction of sp³-hybridized carbons (Fsp3) is 0.294. The zero-order valence-corrected chi connectivity index (χ0v) is 23.4. The summed E-state index contributed by atoms with van der Waals surface area (Å²) in [5.41, 5.74) is 12.1. The number of nitrogens with one attached hydrogen (secondary N) is 1. The molecule has 192 valence electrons. The van der Waals surface area contributed by atoms with Gasteiger partial charge in [-0.1, -0.05) is 86.5 Å². The largest absolute Gasteiger partial charge is 0.383 e. The molecule has 3 nitrogen and oxygen atoms in total. The van der Waals surface area contributed by atoms with E-state index in [0.29, 0.717) is 6.61 Å². The molecule has 0 radical (unpaired) electrons. The molecule has 1 N–H and O–H groups in total. The summed E-state index contributed by atoms with van der Waals surface area (Å²) in [6.45, 7) is 14.6. The van der Waals surface area contributed by atoms with Crippen molar-refractivity contribution in [2.45, 2.75) is 47.0 Å². The number of methoxy groups -OCH3 is 1. The summed E-state index contributed by atoms with van der Waals surface area (Å²) in [5.74, 6) is 0. The first-order valence-corrected chi connectivity index (χ1v) is 13.1. The SMILES string of the molecule is COCCN(c1cc(C)ccc1Nc1ccc(C)cc1)c1ccccc1-c1cc(C)cc(C(C)(C)C)c1. The monoisotopic (exact) mass is 492 g/mol. The summed E-state index contributed by atoms with van der Waals surface area (Å²) in [5, 5.41) is 3.67. The van der Waals surface area contributed by atoms with Crippen molar-refractivity contribution in [1.82, 2.24) is 0 Å². The van der Waals surface area contributed by atoms with Gasteiger partial charge in [0.2, 0.25) is 0 Å². The van der Waals surface area contributed by atoms with E-state index in [1.165, 1.54) is 39.1 Å². The maximum Gasteiger partial charge on any atom is 0.0653 e. The van der Waals surface area contributed by atoms with Crippen molar-refractivity contribution in [2.75, 3.05) is 30.5 Å². The van der Waals surface area contributed by atoms with E-state index in [1.807, 2.05) is 0 Å². The third-order valence-corrected chi connectivity index (χ3v) is 6.74. The van der Waals surface area contributed by atoms with Crippen LogP contribution in [0.1, 0.15) is 43.0 Å². The standard InChI is InChI=1S/C34H40N2O/c1-24-12-15-29(16-13-24)35-31-17-14-25(2)22-33(31)36(18-19-37-7)32-11-9-8-10-30(32)27-20-26(3)21-28(23-27)34(4,5)6/h8-17,20-23,35H,18-19H2,1-7H3. The highest BCUT2D eigenvalue weighted by Gasteiger charge is 2.20. The first-order valence-electron chi connectivity index (χ1n) is 13.1. The molecule has 0 saturated heterocycles. The molecule has 0 saturated carbocycles. The van der Waals surface area contributed by atoms with Crippen LogP contribution >= 0.6 is 0 Å². The Morgan fingerprint density at radius 1 is 0.730 bits per heavy atom. The van der Waals surface area contributed by atoms with Gasteiger partial charge in [0.05, 0.1) is 18.0 Å². The Bertz CT molecular complexity index is 1350. The highest BCUT2D eigenvalue weighted by Crippen LogP contribution is 2.40. The second-order valence-electron chi connectivity index (χ2n) is 11.0. The second-order valence-corrected chi connectivity index (χ2v) is 11.0. The van der Waals surface area contributed by atoms with Crippen molar-refractivity contribution >= 4 is 22.7 Å². The van der Waals surface area contributed by atoms with Gasteiger partial charge in [-0.3, -0.25) is 0 Å². The van der Waals surface area contributed by atoms with Crippen LogP contribution in [0.15, 0.2) is 84.9 Å². The molecular weight excluding hydrogens is 452 g/mol. The molecule has 0 aromatic heterocycles. The van der Waals surface area contributed by atoms with E-state index < -0.39 is 0 Å². The van der Waals surface area contributed by atoms with Gasteiger partial charge in [0.1, 0.15) is 0 Å². The van der Waals surface area contributed by atoms with Gasteiger partial charge < -0.3 is 15.0 Å². The van der Waals surface area contributed by atoms with Crippen LogP contribution in [0.25, 0.3) is 11.1 Å². The minimum atomic E-state index is 0.0765. The molecule has 0 fully saturated rings. The van der Waals surface area contributed by atoms with E-state index >= 15 is 0 Å². The van der Waals surface area contributed by atoms with Crippen LogP contribution in [0.4, 0.5) is 22.7 Å². The molecule has 0 amide bonds. The van der Waals surface area contributed by atoms with Crippen LogP contribution in [-0.2, 0) is 10.2 Å². The summed E-state index contributed by atoms with van der Waals surface area (Å²) >= 11 is 0. The van der Waals surface area contributed by atoms with Gasteiger partial charge in [-0.15, -0.1) is 0 Å². The fourth-order valence-electron chi connectivity index (χ4n) is 4.64. The summed E-state index contributed by atoms with van der Waals surface area (Å²) in [7, 11) is 1.77. The lowest BCUT2D eigenvalue weighted by atomic mass is 9.84. The van der Waals surface area contributed by atoms with Gasteiger partial charge in [-0.05, 0) is 73.2 Å². The van der Waals surface area contributed by atoms with Gasteiger partial charge in [-0.25, -0.2) is 0 Å². The van der Waals surface area contributed by atoms with Crippen molar-refractivity contribution in [1.29, 1.82) is 0 Å². The third-order valence-electron chi connectivity index (χ3n) is 6.74. The Labute approximate surface area is 223 Å². The first kappa shape index (κ1) is 26.5. The van der Waals surface area contributed by atoms with Crippen LogP contribution in [-0.4, -0.2) is 20.3 Å². The number of nitrogens with zero attached hydrogens (tertiary/aromatic N) is 1. The maximum atomic E-state index is 5.58. The molecule has 0 spiro atoms. The van der Waals surface area contributed by atoms with E-state index in [2.05, 4.69) is 137 Å². The lowest BCUT2D eigenvalue weighted by Gasteiger charge is -2.30. The number of para-hydroxylation sites is 1. The quantitative estimate of drug-likeness (QED) is 0.265. The van der Waals surface area contributed by atoms with Crippen molar-refractivity contribution < 1.29 is 4.74 Å². The lowest BCUT2D eigenvalue weighted by Crippen LogP contribution is -2.23. The van der Waals surface area contributed by atoms with Crippen LogP contribution in [0.5, 0.6) is 0 Å². The van der Waals surface area contributed by atoms with Gasteiger partial charge in [0, 0.05) is 30.6 Å². The number of aryl methyl sites for hydroxylation is 3. The number of ether oxygens (including phenoxy) is 1. The molecule has 0 aliphatic rings. The molecule has 4 aromatic rings. The summed E-state index contributed by atoms with van der Waals surface area (Å²) in [6, 6.07) is 30.8. The van der Waals surface area contributed by atoms with Crippen LogP contribution in [0.3, 0.4) is 0 Å². The lowest BCUT2D eigenvalue weighted by molar-refractivity contribution is 0.207.